The number of halogens is 1. The Morgan fingerprint density at radius 3 is 2.55 bits per heavy atom. The predicted octanol–water partition coefficient (Wildman–Crippen LogP) is 3.67. The van der Waals surface area contributed by atoms with Crippen LogP contribution in [0.2, 0.25) is 0 Å². The average Bonchev–Trinajstić information content (AvgIpc) is 2.58. The third kappa shape index (κ3) is 5.12. The second kappa shape index (κ2) is 8.71. The molecular weight excluding hydrogens is 298 g/mol. The lowest BCUT2D eigenvalue weighted by Crippen LogP contribution is -2.09. The Bertz CT molecular complexity index is 648. The molecule has 0 saturated carbocycles. The summed E-state index contributed by atoms with van der Waals surface area (Å²) < 4.78 is 5.71. The van der Waals surface area contributed by atoms with E-state index in [-0.39, 0.29) is 0 Å². The van der Waals surface area contributed by atoms with Gasteiger partial charge in [-0.05, 0) is 29.8 Å². The molecule has 0 bridgehead atoms. The number of hydrogen-bond donors (Lipinski definition) is 1. The lowest BCUT2D eigenvalue weighted by Gasteiger charge is -2.07. The van der Waals surface area contributed by atoms with E-state index in [1.807, 2.05) is 60.7 Å². The lowest BCUT2D eigenvalue weighted by molar-refractivity contribution is 0.306. The maximum Gasteiger partial charge on any atom is 0.156 e. The average molecular weight is 314 g/mol. The van der Waals surface area contributed by atoms with E-state index in [1.54, 1.807) is 0 Å². The molecule has 112 valence electrons. The molecule has 0 heterocycles. The van der Waals surface area contributed by atoms with Crippen molar-refractivity contribution >= 4 is 16.8 Å². The molecule has 0 aliphatic heterocycles. The number of nitriles is 1. The molecule has 4 nitrogen and oxygen atoms in total. The van der Waals surface area contributed by atoms with Gasteiger partial charge in [0.1, 0.15) is 12.4 Å². The van der Waals surface area contributed by atoms with Gasteiger partial charge in [-0.3, -0.25) is 0 Å². The van der Waals surface area contributed by atoms with Crippen molar-refractivity contribution in [2.75, 3.05) is 6.54 Å². The van der Waals surface area contributed by atoms with Gasteiger partial charge in [-0.25, -0.2) is 0 Å². The first-order valence-electron chi connectivity index (χ1n) is 6.90. The van der Waals surface area contributed by atoms with Crippen molar-refractivity contribution in [1.82, 2.24) is 5.43 Å². The first kappa shape index (κ1) is 15.9. The number of hydrazone groups is 1. The molecule has 2 aromatic carbocycles. The quantitative estimate of drug-likeness (QED) is 0.482. The normalized spacial score (nSPS) is 10.8. The van der Waals surface area contributed by atoms with Gasteiger partial charge in [0.2, 0.25) is 0 Å². The van der Waals surface area contributed by atoms with Crippen molar-refractivity contribution in [2.45, 2.75) is 13.0 Å². The third-order valence-corrected chi connectivity index (χ3v) is 3.17. The largest absolute Gasteiger partial charge is 0.489 e. The van der Waals surface area contributed by atoms with Gasteiger partial charge in [-0.1, -0.05) is 41.9 Å². The molecule has 0 aromatic heterocycles. The highest BCUT2D eigenvalue weighted by molar-refractivity contribution is 6.69. The molecule has 0 amide bonds. The van der Waals surface area contributed by atoms with E-state index in [0.29, 0.717) is 24.7 Å². The number of hydrogen-bond acceptors (Lipinski definition) is 4. The van der Waals surface area contributed by atoms with E-state index in [9.17, 15) is 0 Å². The Kier molecular flexibility index (Phi) is 6.28. The van der Waals surface area contributed by atoms with Crippen LogP contribution in [0, 0.1) is 11.3 Å². The van der Waals surface area contributed by atoms with Gasteiger partial charge in [-0.2, -0.15) is 10.4 Å². The molecule has 0 spiro atoms. The van der Waals surface area contributed by atoms with E-state index < -0.39 is 0 Å². The SMILES string of the molecule is N#CCCN/N=C(\Cl)c1ccc(OCc2ccccc2)cc1. The molecule has 0 aliphatic carbocycles. The van der Waals surface area contributed by atoms with Crippen LogP contribution >= 0.6 is 11.6 Å². The molecular formula is C17H16ClN3O. The standard InChI is InChI=1S/C17H16ClN3O/c18-17(21-20-12-4-11-19)15-7-9-16(10-8-15)22-13-14-5-2-1-3-6-14/h1-3,5-10,20H,4,12-13H2/b21-17-. The molecule has 0 atom stereocenters. The summed E-state index contributed by atoms with van der Waals surface area (Å²) in [6, 6.07) is 19.4. The topological polar surface area (TPSA) is 57.4 Å². The smallest absolute Gasteiger partial charge is 0.156 e. The Morgan fingerprint density at radius 2 is 1.86 bits per heavy atom. The molecule has 2 aromatic rings. The second-order valence-corrected chi connectivity index (χ2v) is 4.88. The summed E-state index contributed by atoms with van der Waals surface area (Å²) in [5.74, 6) is 0.773. The highest BCUT2D eigenvalue weighted by Gasteiger charge is 2.01. The van der Waals surface area contributed by atoms with Crippen LogP contribution in [0.1, 0.15) is 17.5 Å². The van der Waals surface area contributed by atoms with Gasteiger partial charge >= 0.3 is 0 Å². The summed E-state index contributed by atoms with van der Waals surface area (Å²) in [6.07, 6.45) is 0.389. The van der Waals surface area contributed by atoms with Crippen molar-refractivity contribution in [2.24, 2.45) is 5.10 Å². The van der Waals surface area contributed by atoms with Gasteiger partial charge in [0, 0.05) is 12.1 Å². The number of nitrogens with one attached hydrogen (secondary N) is 1. The predicted molar refractivity (Wildman–Crippen MR) is 87.8 cm³/mol. The van der Waals surface area contributed by atoms with Crippen molar-refractivity contribution in [3.05, 3.63) is 65.7 Å². The molecule has 2 rings (SSSR count). The van der Waals surface area contributed by atoms with Gasteiger partial charge in [0.25, 0.3) is 0 Å². The molecule has 0 unspecified atom stereocenters. The molecule has 0 aliphatic rings. The summed E-state index contributed by atoms with van der Waals surface area (Å²) in [4.78, 5) is 0. The van der Waals surface area contributed by atoms with E-state index in [4.69, 9.17) is 21.6 Å². The van der Waals surface area contributed by atoms with E-state index >= 15 is 0 Å². The van der Waals surface area contributed by atoms with E-state index in [1.165, 1.54) is 0 Å². The summed E-state index contributed by atoms with van der Waals surface area (Å²) in [6.45, 7) is 1.00. The lowest BCUT2D eigenvalue weighted by atomic mass is 10.2. The molecule has 1 N–H and O–H groups in total. The van der Waals surface area contributed by atoms with Crippen LogP contribution in [-0.2, 0) is 6.61 Å². The van der Waals surface area contributed by atoms with Gasteiger partial charge in [-0.15, -0.1) is 0 Å². The Hall–Kier alpha value is -2.51. The van der Waals surface area contributed by atoms with Gasteiger partial charge in [0.15, 0.2) is 5.17 Å². The maximum atomic E-state index is 8.43. The fourth-order valence-electron chi connectivity index (χ4n) is 1.73. The van der Waals surface area contributed by atoms with Crippen LogP contribution in [0.3, 0.4) is 0 Å². The third-order valence-electron chi connectivity index (χ3n) is 2.87. The zero-order valence-electron chi connectivity index (χ0n) is 12.0. The summed E-state index contributed by atoms with van der Waals surface area (Å²) in [7, 11) is 0. The van der Waals surface area contributed by atoms with Crippen LogP contribution in [-0.4, -0.2) is 11.7 Å². The van der Waals surface area contributed by atoms with Gasteiger partial charge < -0.3 is 10.2 Å². The highest BCUT2D eigenvalue weighted by Crippen LogP contribution is 2.15. The van der Waals surface area contributed by atoms with Crippen molar-refractivity contribution in [1.29, 1.82) is 5.26 Å². The van der Waals surface area contributed by atoms with Crippen LogP contribution in [0.5, 0.6) is 5.75 Å². The first-order chi connectivity index (χ1) is 10.8. The fourth-order valence-corrected chi connectivity index (χ4v) is 1.92. The highest BCUT2D eigenvalue weighted by atomic mass is 35.5. The van der Waals surface area contributed by atoms with Gasteiger partial charge in [0.05, 0.1) is 12.5 Å². The summed E-state index contributed by atoms with van der Waals surface area (Å²) in [5, 5.41) is 12.8. The minimum atomic E-state index is 0.354. The molecule has 22 heavy (non-hydrogen) atoms. The maximum absolute atomic E-state index is 8.43. The summed E-state index contributed by atoms with van der Waals surface area (Å²) >= 11 is 6.07. The minimum Gasteiger partial charge on any atom is -0.489 e. The van der Waals surface area contributed by atoms with Crippen molar-refractivity contribution in [3.8, 4) is 11.8 Å². The monoisotopic (exact) mass is 313 g/mol. The van der Waals surface area contributed by atoms with E-state index in [2.05, 4.69) is 10.5 Å². The molecule has 0 saturated heterocycles. The molecule has 5 heteroatoms. The number of benzene rings is 2. The van der Waals surface area contributed by atoms with Crippen LogP contribution in [0.15, 0.2) is 59.7 Å². The van der Waals surface area contributed by atoms with Crippen molar-refractivity contribution in [3.63, 3.8) is 0 Å². The Balaban J connectivity index is 1.88. The van der Waals surface area contributed by atoms with Crippen molar-refractivity contribution < 1.29 is 4.74 Å². The number of rotatable bonds is 7. The number of ether oxygens (including phenoxy) is 1. The Morgan fingerprint density at radius 1 is 1.14 bits per heavy atom. The zero-order valence-corrected chi connectivity index (χ0v) is 12.8. The van der Waals surface area contributed by atoms with E-state index in [0.717, 1.165) is 16.9 Å². The second-order valence-electron chi connectivity index (χ2n) is 4.52. The Labute approximate surface area is 135 Å². The first-order valence-corrected chi connectivity index (χ1v) is 7.27. The van der Waals surface area contributed by atoms with Crippen LogP contribution in [0.25, 0.3) is 0 Å². The van der Waals surface area contributed by atoms with Crippen LogP contribution < -0.4 is 10.2 Å². The fraction of sp³-hybridized carbons (Fsp3) is 0.176. The molecule has 0 fully saturated rings. The minimum absolute atomic E-state index is 0.354. The number of nitrogens with zero attached hydrogens (tertiary/aromatic N) is 2. The molecule has 0 radical (unpaired) electrons. The summed E-state index contributed by atoms with van der Waals surface area (Å²) in [5.41, 5.74) is 4.66. The van der Waals surface area contributed by atoms with Crippen LogP contribution in [0.4, 0.5) is 0 Å². The zero-order chi connectivity index (χ0) is 15.6.